The van der Waals surface area contributed by atoms with Gasteiger partial charge in [0, 0.05) is 25.0 Å². The molecule has 0 saturated carbocycles. The monoisotopic (exact) mass is 458 g/mol. The second kappa shape index (κ2) is 13.5. The molecule has 33 heavy (non-hydrogen) atoms. The van der Waals surface area contributed by atoms with E-state index in [0.717, 1.165) is 23.8 Å². The van der Waals surface area contributed by atoms with Crippen LogP contribution in [0.4, 0.5) is 0 Å². The number of ether oxygens (including phenoxy) is 3. The normalized spacial score (nSPS) is 10.2. The first-order chi connectivity index (χ1) is 15.9. The van der Waals surface area contributed by atoms with E-state index in [-0.39, 0.29) is 0 Å². The summed E-state index contributed by atoms with van der Waals surface area (Å²) in [4.78, 5) is 12.1. The van der Waals surface area contributed by atoms with E-state index in [1.807, 2.05) is 24.3 Å². The third-order valence-corrected chi connectivity index (χ3v) is 7.16. The Bertz CT molecular complexity index is 1100. The standard InChI is InChI=1S/C27H26O5Si/c1-5-6-7-8-20-30-25-15-17-26(18-16-25)32-27(28)19-12-23-10-13-24(14-11-23)31-21-9-22-33(3,4)29-2/h1,10-19H,9,21-22H2,2-4H3. The number of carbonyl (C=O) groups excluding carboxylic acids is 1. The lowest BCUT2D eigenvalue weighted by Crippen LogP contribution is -2.28. The van der Waals surface area contributed by atoms with Crippen molar-refractivity contribution in [3.8, 4) is 53.5 Å². The summed E-state index contributed by atoms with van der Waals surface area (Å²) in [5.41, 5.74) is 0.863. The Morgan fingerprint density at radius 3 is 2.30 bits per heavy atom. The molecule has 0 fully saturated rings. The molecule has 0 aliphatic heterocycles. The first-order valence-electron chi connectivity index (χ1n) is 10.3. The van der Waals surface area contributed by atoms with E-state index in [1.165, 1.54) is 6.08 Å². The number of rotatable bonds is 10. The van der Waals surface area contributed by atoms with Gasteiger partial charge in [-0.2, -0.15) is 0 Å². The molecule has 0 aliphatic rings. The minimum absolute atomic E-state index is 0.389. The molecule has 0 heterocycles. The van der Waals surface area contributed by atoms with Gasteiger partial charge in [-0.15, -0.1) is 6.42 Å². The predicted molar refractivity (Wildman–Crippen MR) is 132 cm³/mol. The van der Waals surface area contributed by atoms with Crippen molar-refractivity contribution in [2.45, 2.75) is 25.6 Å². The van der Waals surface area contributed by atoms with Crippen molar-refractivity contribution >= 4 is 20.4 Å². The number of benzene rings is 2. The van der Waals surface area contributed by atoms with Gasteiger partial charge in [0.1, 0.15) is 23.4 Å². The van der Waals surface area contributed by atoms with Crippen LogP contribution in [0.15, 0.2) is 54.6 Å². The SMILES string of the molecule is C#CC#CC#COc1ccc(OC(=O)C=Cc2ccc(OCCC[Si](C)(C)OC)cc2)cc1. The average molecular weight is 459 g/mol. The zero-order valence-electron chi connectivity index (χ0n) is 19.0. The minimum atomic E-state index is -1.54. The molecular weight excluding hydrogens is 432 g/mol. The maximum absolute atomic E-state index is 12.1. The van der Waals surface area contributed by atoms with Gasteiger partial charge >= 0.3 is 5.97 Å². The summed E-state index contributed by atoms with van der Waals surface area (Å²) in [6.45, 7) is 5.04. The van der Waals surface area contributed by atoms with E-state index in [0.29, 0.717) is 18.1 Å². The van der Waals surface area contributed by atoms with Crippen LogP contribution in [0.25, 0.3) is 6.08 Å². The van der Waals surface area contributed by atoms with E-state index >= 15 is 0 Å². The highest BCUT2D eigenvalue weighted by atomic mass is 28.4. The highest BCUT2D eigenvalue weighted by molar-refractivity contribution is 6.71. The fraction of sp³-hybridized carbons (Fsp3) is 0.222. The molecule has 2 aromatic carbocycles. The van der Waals surface area contributed by atoms with Gasteiger partial charge in [-0.1, -0.05) is 12.1 Å². The molecule has 0 amide bonds. The number of carbonyl (C=O) groups is 1. The van der Waals surface area contributed by atoms with Crippen molar-refractivity contribution in [3.05, 3.63) is 60.2 Å². The van der Waals surface area contributed by atoms with Crippen molar-refractivity contribution in [1.29, 1.82) is 0 Å². The van der Waals surface area contributed by atoms with Gasteiger partial charge < -0.3 is 18.6 Å². The third-order valence-electron chi connectivity index (χ3n) is 4.50. The largest absolute Gasteiger partial charge is 0.494 e. The lowest BCUT2D eigenvalue weighted by molar-refractivity contribution is -0.128. The van der Waals surface area contributed by atoms with Crippen LogP contribution in [0.1, 0.15) is 12.0 Å². The summed E-state index contributed by atoms with van der Waals surface area (Å²) in [7, 11) is 0.235. The van der Waals surface area contributed by atoms with Crippen molar-refractivity contribution < 1.29 is 23.4 Å². The van der Waals surface area contributed by atoms with Crippen LogP contribution in [0.5, 0.6) is 17.2 Å². The minimum Gasteiger partial charge on any atom is -0.494 e. The van der Waals surface area contributed by atoms with Gasteiger partial charge in [-0.25, -0.2) is 4.79 Å². The van der Waals surface area contributed by atoms with Gasteiger partial charge in [0.2, 0.25) is 0 Å². The first kappa shape index (κ1) is 25.4. The predicted octanol–water partition coefficient (Wildman–Crippen LogP) is 4.90. The molecular formula is C27H26O5Si. The Morgan fingerprint density at radius 1 is 0.970 bits per heavy atom. The molecule has 0 N–H and O–H groups in total. The van der Waals surface area contributed by atoms with Crippen LogP contribution in [-0.2, 0) is 9.22 Å². The molecule has 0 spiro atoms. The molecule has 0 saturated heterocycles. The van der Waals surface area contributed by atoms with Gasteiger partial charge in [-0.3, -0.25) is 0 Å². The summed E-state index contributed by atoms with van der Waals surface area (Å²) in [6, 6.07) is 15.1. The molecule has 6 heteroatoms. The van der Waals surface area contributed by atoms with E-state index < -0.39 is 14.3 Å². The first-order valence-corrected chi connectivity index (χ1v) is 13.4. The molecule has 0 atom stereocenters. The van der Waals surface area contributed by atoms with Crippen molar-refractivity contribution in [2.24, 2.45) is 0 Å². The number of terminal acetylenes is 1. The molecule has 2 aromatic rings. The molecule has 5 nitrogen and oxygen atoms in total. The van der Waals surface area contributed by atoms with Gasteiger partial charge in [-0.05, 0) is 85.4 Å². The highest BCUT2D eigenvalue weighted by Gasteiger charge is 2.19. The highest BCUT2D eigenvalue weighted by Crippen LogP contribution is 2.18. The second-order valence-electron chi connectivity index (χ2n) is 7.43. The maximum atomic E-state index is 12.1. The zero-order valence-corrected chi connectivity index (χ0v) is 20.0. The summed E-state index contributed by atoms with van der Waals surface area (Å²) in [5, 5.41) is 0. The topological polar surface area (TPSA) is 54.0 Å². The Labute approximate surface area is 196 Å². The van der Waals surface area contributed by atoms with Gasteiger partial charge in [0.15, 0.2) is 8.32 Å². The second-order valence-corrected chi connectivity index (χ2v) is 11.9. The molecule has 0 unspecified atom stereocenters. The summed E-state index contributed by atoms with van der Waals surface area (Å²) in [5.74, 6) is 10.6. The summed E-state index contributed by atoms with van der Waals surface area (Å²) in [6.07, 6.45) is 11.4. The quantitative estimate of drug-likeness (QED) is 0.127. The molecule has 0 aromatic heterocycles. The Hall–Kier alpha value is -3.89. The smallest absolute Gasteiger partial charge is 0.336 e. The third kappa shape index (κ3) is 10.3. The van der Waals surface area contributed by atoms with Crippen LogP contribution in [0.3, 0.4) is 0 Å². The van der Waals surface area contributed by atoms with Gasteiger partial charge in [0.25, 0.3) is 0 Å². The Balaban J connectivity index is 1.78. The van der Waals surface area contributed by atoms with E-state index in [1.54, 1.807) is 37.5 Å². The number of hydrogen-bond donors (Lipinski definition) is 0. The fourth-order valence-corrected chi connectivity index (χ4v) is 3.73. The Morgan fingerprint density at radius 2 is 1.64 bits per heavy atom. The Kier molecular flexibility index (Phi) is 10.4. The fourth-order valence-electron chi connectivity index (χ4n) is 2.53. The number of esters is 1. The molecule has 168 valence electrons. The zero-order chi connectivity index (χ0) is 23.9. The summed E-state index contributed by atoms with van der Waals surface area (Å²) >= 11 is 0. The van der Waals surface area contributed by atoms with Crippen molar-refractivity contribution in [3.63, 3.8) is 0 Å². The van der Waals surface area contributed by atoms with Crippen LogP contribution < -0.4 is 14.2 Å². The molecule has 0 radical (unpaired) electrons. The lowest BCUT2D eigenvalue weighted by atomic mass is 10.2. The van der Waals surface area contributed by atoms with Crippen molar-refractivity contribution in [2.75, 3.05) is 13.7 Å². The molecule has 0 bridgehead atoms. The van der Waals surface area contributed by atoms with Crippen LogP contribution in [0.2, 0.25) is 19.1 Å². The van der Waals surface area contributed by atoms with E-state index in [2.05, 4.69) is 42.9 Å². The van der Waals surface area contributed by atoms with Crippen LogP contribution in [0, 0.1) is 36.2 Å². The average Bonchev–Trinajstić information content (AvgIpc) is 2.82. The molecule has 0 aliphatic carbocycles. The maximum Gasteiger partial charge on any atom is 0.336 e. The van der Waals surface area contributed by atoms with Crippen molar-refractivity contribution in [1.82, 2.24) is 0 Å². The van der Waals surface area contributed by atoms with Crippen LogP contribution >= 0.6 is 0 Å². The van der Waals surface area contributed by atoms with E-state index in [9.17, 15) is 4.79 Å². The summed E-state index contributed by atoms with van der Waals surface area (Å²) < 4.78 is 21.8. The van der Waals surface area contributed by atoms with Crippen LogP contribution in [-0.4, -0.2) is 28.0 Å². The number of hydrogen-bond acceptors (Lipinski definition) is 5. The molecule has 2 rings (SSSR count). The van der Waals surface area contributed by atoms with E-state index in [4.69, 9.17) is 25.1 Å². The lowest BCUT2D eigenvalue weighted by Gasteiger charge is -2.19. The van der Waals surface area contributed by atoms with Gasteiger partial charge in [0.05, 0.1) is 6.61 Å².